The van der Waals surface area contributed by atoms with E-state index >= 15 is 0 Å². The number of hydrogen-bond acceptors (Lipinski definition) is 3. The minimum atomic E-state index is -0.195. The molecule has 76 valence electrons. The second-order valence-corrected chi connectivity index (χ2v) is 3.39. The van der Waals surface area contributed by atoms with Crippen LogP contribution in [0.2, 0.25) is 0 Å². The van der Waals surface area contributed by atoms with E-state index in [9.17, 15) is 4.39 Å². The Hall–Kier alpha value is -1.13. The van der Waals surface area contributed by atoms with Crippen molar-refractivity contribution in [2.45, 2.75) is 0 Å². The van der Waals surface area contributed by atoms with Crippen molar-refractivity contribution in [2.24, 2.45) is 0 Å². The van der Waals surface area contributed by atoms with Gasteiger partial charge in [-0.1, -0.05) is 12.1 Å². The van der Waals surface area contributed by atoms with Crippen molar-refractivity contribution >= 4 is 5.69 Å². The summed E-state index contributed by atoms with van der Waals surface area (Å²) in [7, 11) is 0. The van der Waals surface area contributed by atoms with E-state index in [0.717, 1.165) is 0 Å². The molecule has 1 fully saturated rings. The van der Waals surface area contributed by atoms with Crippen molar-refractivity contribution in [3.8, 4) is 0 Å². The molecule has 1 N–H and O–H groups in total. The fraction of sp³-hybridized carbons (Fsp3) is 0.400. The fourth-order valence-electron chi connectivity index (χ4n) is 1.64. The Morgan fingerprint density at radius 3 is 2.36 bits per heavy atom. The number of hydroxylamine groups is 2. The lowest BCUT2D eigenvalue weighted by atomic mass is 10.2. The maximum absolute atomic E-state index is 13.4. The lowest BCUT2D eigenvalue weighted by Crippen LogP contribution is -2.45. The molecule has 1 aromatic carbocycles. The third-order valence-electron chi connectivity index (χ3n) is 2.45. The summed E-state index contributed by atoms with van der Waals surface area (Å²) in [5.74, 6) is -0.195. The molecule has 0 atom stereocenters. The number of hydrogen-bond donors (Lipinski definition) is 1. The van der Waals surface area contributed by atoms with Gasteiger partial charge in [0.05, 0.1) is 5.69 Å². The maximum Gasteiger partial charge on any atom is 0.146 e. The Kier molecular flexibility index (Phi) is 2.65. The summed E-state index contributed by atoms with van der Waals surface area (Å²) in [4.78, 5) is 1.95. The largest absolute Gasteiger partial charge is 0.366 e. The minimum Gasteiger partial charge on any atom is -0.366 e. The SMILES string of the molecule is ON1CCN(c2ccccc2F)CC1. The fourth-order valence-corrected chi connectivity index (χ4v) is 1.64. The zero-order chi connectivity index (χ0) is 9.97. The van der Waals surface area contributed by atoms with Crippen molar-refractivity contribution in [1.82, 2.24) is 5.06 Å². The molecule has 4 heteroatoms. The highest BCUT2D eigenvalue weighted by atomic mass is 19.1. The Balaban J connectivity index is 2.12. The van der Waals surface area contributed by atoms with Crippen LogP contribution >= 0.6 is 0 Å². The molecule has 0 aromatic heterocycles. The van der Waals surface area contributed by atoms with Gasteiger partial charge in [0.25, 0.3) is 0 Å². The molecular weight excluding hydrogens is 183 g/mol. The second kappa shape index (κ2) is 3.94. The molecule has 14 heavy (non-hydrogen) atoms. The summed E-state index contributed by atoms with van der Waals surface area (Å²) >= 11 is 0. The topological polar surface area (TPSA) is 26.7 Å². The average molecular weight is 196 g/mol. The van der Waals surface area contributed by atoms with Crippen molar-refractivity contribution in [3.63, 3.8) is 0 Å². The van der Waals surface area contributed by atoms with Crippen LogP contribution in [0.15, 0.2) is 24.3 Å². The standard InChI is InChI=1S/C10H13FN2O/c11-9-3-1-2-4-10(9)12-5-7-13(14)8-6-12/h1-4,14H,5-8H2. The van der Waals surface area contributed by atoms with E-state index < -0.39 is 0 Å². The van der Waals surface area contributed by atoms with Crippen molar-refractivity contribution in [3.05, 3.63) is 30.1 Å². The van der Waals surface area contributed by atoms with Gasteiger partial charge in [-0.25, -0.2) is 4.39 Å². The number of para-hydroxylation sites is 1. The van der Waals surface area contributed by atoms with Crippen LogP contribution in [-0.2, 0) is 0 Å². The van der Waals surface area contributed by atoms with E-state index in [2.05, 4.69) is 0 Å². The first-order valence-electron chi connectivity index (χ1n) is 4.70. The van der Waals surface area contributed by atoms with E-state index in [-0.39, 0.29) is 5.82 Å². The van der Waals surface area contributed by atoms with Gasteiger partial charge in [0.1, 0.15) is 5.82 Å². The number of rotatable bonds is 1. The maximum atomic E-state index is 13.4. The van der Waals surface area contributed by atoms with E-state index in [4.69, 9.17) is 5.21 Å². The summed E-state index contributed by atoms with van der Waals surface area (Å²) in [6.45, 7) is 2.46. The highest BCUT2D eigenvalue weighted by molar-refractivity contribution is 5.47. The number of nitrogens with zero attached hydrogens (tertiary/aromatic N) is 2. The van der Waals surface area contributed by atoms with Crippen LogP contribution in [0.4, 0.5) is 10.1 Å². The van der Waals surface area contributed by atoms with Crippen molar-refractivity contribution in [1.29, 1.82) is 0 Å². The molecule has 1 heterocycles. The third kappa shape index (κ3) is 1.86. The van der Waals surface area contributed by atoms with Gasteiger partial charge in [0.2, 0.25) is 0 Å². The summed E-state index contributed by atoms with van der Waals surface area (Å²) in [5.41, 5.74) is 0.626. The predicted molar refractivity (Wildman–Crippen MR) is 52.0 cm³/mol. The molecule has 0 amide bonds. The second-order valence-electron chi connectivity index (χ2n) is 3.39. The number of halogens is 1. The Morgan fingerprint density at radius 1 is 1.07 bits per heavy atom. The predicted octanol–water partition coefficient (Wildman–Crippen LogP) is 1.34. The van der Waals surface area contributed by atoms with Crippen LogP contribution in [0.1, 0.15) is 0 Å². The van der Waals surface area contributed by atoms with Gasteiger partial charge in [-0.2, -0.15) is 5.06 Å². The number of benzene rings is 1. The average Bonchev–Trinajstić information content (AvgIpc) is 2.20. The summed E-state index contributed by atoms with van der Waals surface area (Å²) < 4.78 is 13.4. The lowest BCUT2D eigenvalue weighted by molar-refractivity contribution is -0.0936. The van der Waals surface area contributed by atoms with Crippen LogP contribution in [0, 0.1) is 5.82 Å². The van der Waals surface area contributed by atoms with Crippen LogP contribution in [0.25, 0.3) is 0 Å². The minimum absolute atomic E-state index is 0.195. The van der Waals surface area contributed by atoms with Gasteiger partial charge in [0, 0.05) is 26.2 Å². The molecule has 0 unspecified atom stereocenters. The first kappa shape index (κ1) is 9.43. The van der Waals surface area contributed by atoms with Gasteiger partial charge in [-0.3, -0.25) is 0 Å². The number of anilines is 1. The molecule has 0 radical (unpaired) electrons. The molecule has 3 nitrogen and oxygen atoms in total. The van der Waals surface area contributed by atoms with Crippen LogP contribution < -0.4 is 4.90 Å². The van der Waals surface area contributed by atoms with E-state index in [1.54, 1.807) is 12.1 Å². The highest BCUT2D eigenvalue weighted by Gasteiger charge is 2.17. The molecular formula is C10H13FN2O. The lowest BCUT2D eigenvalue weighted by Gasteiger charge is -2.32. The summed E-state index contributed by atoms with van der Waals surface area (Å²) in [6.07, 6.45) is 0. The van der Waals surface area contributed by atoms with E-state index in [0.29, 0.717) is 31.9 Å². The molecule has 0 aliphatic carbocycles. The molecule has 1 aromatic rings. The quantitative estimate of drug-likeness (QED) is 0.734. The molecule has 1 aliphatic rings. The van der Waals surface area contributed by atoms with Crippen LogP contribution in [-0.4, -0.2) is 36.4 Å². The van der Waals surface area contributed by atoms with Crippen molar-refractivity contribution in [2.75, 3.05) is 31.1 Å². The van der Waals surface area contributed by atoms with Crippen LogP contribution in [0.5, 0.6) is 0 Å². The van der Waals surface area contributed by atoms with Gasteiger partial charge in [-0.15, -0.1) is 0 Å². The van der Waals surface area contributed by atoms with Gasteiger partial charge in [0.15, 0.2) is 0 Å². The zero-order valence-corrected chi connectivity index (χ0v) is 7.86. The first-order valence-corrected chi connectivity index (χ1v) is 4.70. The highest BCUT2D eigenvalue weighted by Crippen LogP contribution is 2.19. The van der Waals surface area contributed by atoms with E-state index in [1.807, 2.05) is 11.0 Å². The Labute approximate surface area is 82.3 Å². The molecule has 1 saturated heterocycles. The molecule has 0 bridgehead atoms. The summed E-state index contributed by atoms with van der Waals surface area (Å²) in [6, 6.07) is 6.73. The first-order chi connectivity index (χ1) is 6.77. The molecule has 1 aliphatic heterocycles. The van der Waals surface area contributed by atoms with Gasteiger partial charge >= 0.3 is 0 Å². The normalized spacial score (nSPS) is 18.6. The van der Waals surface area contributed by atoms with Crippen LogP contribution in [0.3, 0.4) is 0 Å². The smallest absolute Gasteiger partial charge is 0.146 e. The number of piperazine rings is 1. The Bertz CT molecular complexity index is 311. The molecule has 0 saturated carbocycles. The zero-order valence-electron chi connectivity index (χ0n) is 7.86. The molecule has 2 rings (SSSR count). The van der Waals surface area contributed by atoms with E-state index in [1.165, 1.54) is 11.1 Å². The van der Waals surface area contributed by atoms with Gasteiger partial charge < -0.3 is 10.1 Å². The third-order valence-corrected chi connectivity index (χ3v) is 2.45. The monoisotopic (exact) mass is 196 g/mol. The van der Waals surface area contributed by atoms with Crippen molar-refractivity contribution < 1.29 is 9.60 Å². The summed E-state index contributed by atoms with van der Waals surface area (Å²) in [5, 5.41) is 10.4. The molecule has 0 spiro atoms. The Morgan fingerprint density at radius 2 is 1.71 bits per heavy atom. The van der Waals surface area contributed by atoms with Gasteiger partial charge in [-0.05, 0) is 12.1 Å².